The Hall–Kier alpha value is -2.12. The molecule has 0 aliphatic carbocycles. The summed E-state index contributed by atoms with van der Waals surface area (Å²) in [7, 11) is 1.72. The lowest BCUT2D eigenvalue weighted by atomic mass is 10.1. The van der Waals surface area contributed by atoms with Crippen LogP contribution >= 0.6 is 0 Å². The van der Waals surface area contributed by atoms with Crippen LogP contribution in [0.2, 0.25) is 0 Å². The zero-order chi connectivity index (χ0) is 22.5. The summed E-state index contributed by atoms with van der Waals surface area (Å²) in [5, 5.41) is 6.41. The van der Waals surface area contributed by atoms with E-state index in [4.69, 9.17) is 14.5 Å². The van der Waals surface area contributed by atoms with E-state index in [0.717, 1.165) is 70.1 Å². The molecular formula is C24H40N4O3. The van der Waals surface area contributed by atoms with Crippen LogP contribution in [0.15, 0.2) is 29.3 Å². The number of amides is 1. The zero-order valence-corrected chi connectivity index (χ0v) is 19.7. The number of nitrogens with one attached hydrogen (secondary N) is 2. The van der Waals surface area contributed by atoms with Crippen LogP contribution < -0.4 is 10.6 Å². The minimum Gasteiger partial charge on any atom is -0.385 e. The highest BCUT2D eigenvalue weighted by molar-refractivity contribution is 5.94. The van der Waals surface area contributed by atoms with Crippen LogP contribution in [0.1, 0.15) is 62.4 Å². The Morgan fingerprint density at radius 3 is 2.52 bits per heavy atom. The van der Waals surface area contributed by atoms with Gasteiger partial charge in [-0.05, 0) is 57.2 Å². The topological polar surface area (TPSA) is 75.2 Å². The standard InChI is InChI=1S/C24H40N4O3/c1-5-19(3)27-23(29)21-10-8-20(9-11-21)18-26-24(25-6-2)28-14-12-22(13-15-28)31-17-7-16-30-4/h8-11,19,22H,5-7,12-18H2,1-4H3,(H,25,26)(H,27,29). The van der Waals surface area contributed by atoms with Crippen molar-refractivity contribution in [2.75, 3.05) is 40.0 Å². The summed E-state index contributed by atoms with van der Waals surface area (Å²) in [5.74, 6) is 0.920. The maximum Gasteiger partial charge on any atom is 0.251 e. The van der Waals surface area contributed by atoms with Gasteiger partial charge in [0.2, 0.25) is 0 Å². The van der Waals surface area contributed by atoms with Crippen LogP contribution in [-0.2, 0) is 16.0 Å². The number of rotatable bonds is 11. The second kappa shape index (κ2) is 14.0. The molecule has 1 aromatic rings. The predicted molar refractivity (Wildman–Crippen MR) is 126 cm³/mol. The van der Waals surface area contributed by atoms with Gasteiger partial charge in [0.15, 0.2) is 5.96 Å². The molecule has 2 N–H and O–H groups in total. The number of ether oxygens (including phenoxy) is 2. The highest BCUT2D eigenvalue weighted by Gasteiger charge is 2.21. The van der Waals surface area contributed by atoms with Gasteiger partial charge in [0.1, 0.15) is 0 Å². The molecule has 1 aromatic carbocycles. The maximum atomic E-state index is 12.2. The third-order valence-corrected chi connectivity index (χ3v) is 5.54. The molecule has 7 nitrogen and oxygen atoms in total. The Balaban J connectivity index is 1.86. The van der Waals surface area contributed by atoms with Crippen molar-refractivity contribution < 1.29 is 14.3 Å². The first kappa shape index (κ1) is 25.1. The van der Waals surface area contributed by atoms with Gasteiger partial charge in [0.25, 0.3) is 5.91 Å². The van der Waals surface area contributed by atoms with Crippen LogP contribution in [0.5, 0.6) is 0 Å². The first-order valence-corrected chi connectivity index (χ1v) is 11.6. The second-order valence-electron chi connectivity index (χ2n) is 8.05. The minimum absolute atomic E-state index is 0.0231. The van der Waals surface area contributed by atoms with Gasteiger partial charge >= 0.3 is 0 Å². The summed E-state index contributed by atoms with van der Waals surface area (Å²) in [6.07, 6.45) is 4.21. The molecule has 2 rings (SSSR count). The number of carbonyl (C=O) groups is 1. The Morgan fingerprint density at radius 1 is 1.19 bits per heavy atom. The smallest absolute Gasteiger partial charge is 0.251 e. The molecule has 1 heterocycles. The molecule has 1 atom stereocenters. The molecule has 31 heavy (non-hydrogen) atoms. The van der Waals surface area contributed by atoms with Crippen molar-refractivity contribution in [1.82, 2.24) is 15.5 Å². The van der Waals surface area contributed by atoms with Gasteiger partial charge in [-0.15, -0.1) is 0 Å². The average Bonchev–Trinajstić information content (AvgIpc) is 2.80. The van der Waals surface area contributed by atoms with Gasteiger partial charge in [-0.1, -0.05) is 19.1 Å². The van der Waals surface area contributed by atoms with Crippen LogP contribution in [0.25, 0.3) is 0 Å². The lowest BCUT2D eigenvalue weighted by molar-refractivity contribution is 0.00990. The lowest BCUT2D eigenvalue weighted by Gasteiger charge is -2.34. The van der Waals surface area contributed by atoms with Crippen LogP contribution in [-0.4, -0.2) is 68.9 Å². The van der Waals surface area contributed by atoms with Crippen molar-refractivity contribution in [3.05, 3.63) is 35.4 Å². The van der Waals surface area contributed by atoms with Crippen molar-refractivity contribution in [1.29, 1.82) is 0 Å². The Morgan fingerprint density at radius 2 is 1.90 bits per heavy atom. The van der Waals surface area contributed by atoms with E-state index in [2.05, 4.69) is 29.4 Å². The van der Waals surface area contributed by atoms with Crippen molar-refractivity contribution >= 4 is 11.9 Å². The van der Waals surface area contributed by atoms with E-state index in [1.165, 1.54) is 0 Å². The minimum atomic E-state index is -0.0231. The second-order valence-corrected chi connectivity index (χ2v) is 8.05. The summed E-state index contributed by atoms with van der Waals surface area (Å²) in [5.41, 5.74) is 1.78. The summed E-state index contributed by atoms with van der Waals surface area (Å²) in [6, 6.07) is 7.90. The summed E-state index contributed by atoms with van der Waals surface area (Å²) < 4.78 is 11.0. The number of hydrogen-bond donors (Lipinski definition) is 2. The fourth-order valence-corrected chi connectivity index (χ4v) is 3.45. The van der Waals surface area contributed by atoms with Crippen LogP contribution in [0.3, 0.4) is 0 Å². The number of methoxy groups -OCH3 is 1. The normalized spacial score (nSPS) is 16.3. The maximum absolute atomic E-state index is 12.2. The highest BCUT2D eigenvalue weighted by atomic mass is 16.5. The van der Waals surface area contributed by atoms with E-state index in [1.54, 1.807) is 7.11 Å². The molecule has 0 saturated carbocycles. The molecule has 7 heteroatoms. The van der Waals surface area contributed by atoms with Gasteiger partial charge in [-0.3, -0.25) is 4.79 Å². The summed E-state index contributed by atoms with van der Waals surface area (Å²) in [4.78, 5) is 19.4. The molecule has 0 bridgehead atoms. The molecule has 1 unspecified atom stereocenters. The van der Waals surface area contributed by atoms with E-state index in [-0.39, 0.29) is 11.9 Å². The molecular weight excluding hydrogens is 392 g/mol. The number of piperidine rings is 1. The number of aliphatic imine (C=N–C) groups is 1. The summed E-state index contributed by atoms with van der Waals surface area (Å²) in [6.45, 7) is 11.0. The van der Waals surface area contributed by atoms with Gasteiger partial charge in [0, 0.05) is 51.6 Å². The molecule has 1 fully saturated rings. The van der Waals surface area contributed by atoms with Crippen molar-refractivity contribution in [2.24, 2.45) is 4.99 Å². The number of guanidine groups is 1. The quantitative estimate of drug-likeness (QED) is 0.319. The molecule has 1 aliphatic rings. The van der Waals surface area contributed by atoms with E-state index in [1.807, 2.05) is 31.2 Å². The molecule has 174 valence electrons. The number of benzene rings is 1. The van der Waals surface area contributed by atoms with Gasteiger partial charge < -0.3 is 25.0 Å². The first-order valence-electron chi connectivity index (χ1n) is 11.6. The van der Waals surface area contributed by atoms with Gasteiger partial charge in [-0.2, -0.15) is 0 Å². The van der Waals surface area contributed by atoms with E-state index >= 15 is 0 Å². The average molecular weight is 433 g/mol. The number of hydrogen-bond acceptors (Lipinski definition) is 4. The monoisotopic (exact) mass is 432 g/mol. The van der Waals surface area contributed by atoms with Gasteiger partial charge in [-0.25, -0.2) is 4.99 Å². The highest BCUT2D eigenvalue weighted by Crippen LogP contribution is 2.15. The Labute approximate surface area is 187 Å². The fourth-order valence-electron chi connectivity index (χ4n) is 3.45. The predicted octanol–water partition coefficient (Wildman–Crippen LogP) is 3.20. The number of nitrogens with zero attached hydrogens (tertiary/aromatic N) is 2. The van der Waals surface area contributed by atoms with Gasteiger partial charge in [0.05, 0.1) is 12.6 Å². The van der Waals surface area contributed by atoms with Crippen molar-refractivity contribution in [3.63, 3.8) is 0 Å². The fraction of sp³-hybridized carbons (Fsp3) is 0.667. The Bertz CT molecular complexity index is 670. The lowest BCUT2D eigenvalue weighted by Crippen LogP contribution is -2.47. The molecule has 0 spiro atoms. The number of carbonyl (C=O) groups excluding carboxylic acids is 1. The van der Waals surface area contributed by atoms with E-state index in [0.29, 0.717) is 18.2 Å². The molecule has 0 aromatic heterocycles. The van der Waals surface area contributed by atoms with E-state index < -0.39 is 0 Å². The SMILES string of the molecule is CCNC(=NCc1ccc(C(=O)NC(C)CC)cc1)N1CCC(OCCCOC)CC1. The summed E-state index contributed by atoms with van der Waals surface area (Å²) >= 11 is 0. The van der Waals surface area contributed by atoms with Crippen LogP contribution in [0.4, 0.5) is 0 Å². The first-order chi connectivity index (χ1) is 15.1. The molecule has 1 amide bonds. The zero-order valence-electron chi connectivity index (χ0n) is 19.7. The van der Waals surface area contributed by atoms with Crippen molar-refractivity contribution in [2.45, 2.75) is 65.1 Å². The third kappa shape index (κ3) is 8.87. The van der Waals surface area contributed by atoms with E-state index in [9.17, 15) is 4.79 Å². The van der Waals surface area contributed by atoms with Crippen LogP contribution in [0, 0.1) is 0 Å². The number of likely N-dealkylation sites (tertiary alicyclic amines) is 1. The third-order valence-electron chi connectivity index (χ3n) is 5.54. The largest absolute Gasteiger partial charge is 0.385 e. The Kier molecular flexibility index (Phi) is 11.4. The molecule has 1 saturated heterocycles. The molecule has 0 radical (unpaired) electrons. The van der Waals surface area contributed by atoms with Crippen molar-refractivity contribution in [3.8, 4) is 0 Å². The molecule has 1 aliphatic heterocycles.